The monoisotopic (exact) mass is 233 g/mol. The first-order valence-electron chi connectivity index (χ1n) is 4.83. The number of hydrogen-bond donors (Lipinski definition) is 0. The zero-order chi connectivity index (χ0) is 10.1. The second kappa shape index (κ2) is 6.25. The first-order valence-corrected chi connectivity index (χ1v) is 4.83. The van der Waals surface area contributed by atoms with Crippen LogP contribution in [0.25, 0.3) is 0 Å². The summed E-state index contributed by atoms with van der Waals surface area (Å²) in [5.41, 5.74) is 0. The van der Waals surface area contributed by atoms with Crippen molar-refractivity contribution in [3.63, 3.8) is 0 Å². The molecule has 1 fully saturated rings. The third-order valence-corrected chi connectivity index (χ3v) is 2.72. The number of hydrogen-bond acceptors (Lipinski definition) is 1. The van der Waals surface area contributed by atoms with Crippen LogP contribution in [0.1, 0.15) is 26.7 Å². The van der Waals surface area contributed by atoms with Crippen molar-refractivity contribution in [2.45, 2.75) is 32.7 Å². The normalized spacial score (nSPS) is 29.8. The van der Waals surface area contributed by atoms with Crippen LogP contribution in [0.2, 0.25) is 0 Å². The van der Waals surface area contributed by atoms with Gasteiger partial charge in [-0.1, -0.05) is 6.92 Å². The van der Waals surface area contributed by atoms with Crippen molar-refractivity contribution in [3.05, 3.63) is 0 Å². The smallest absolute Gasteiger partial charge is 0.448 e. The molecule has 0 radical (unpaired) electrons. The van der Waals surface area contributed by atoms with E-state index in [9.17, 15) is 12.9 Å². The zero-order valence-corrected chi connectivity index (χ0v) is 12.3. The van der Waals surface area contributed by atoms with Gasteiger partial charge in [0.1, 0.15) is 0 Å². The van der Waals surface area contributed by atoms with Gasteiger partial charge in [-0.25, -0.2) is 0 Å². The van der Waals surface area contributed by atoms with Crippen LogP contribution in [-0.2, 0) is 0 Å². The van der Waals surface area contributed by atoms with Gasteiger partial charge in [0.05, 0.1) is 0 Å². The summed E-state index contributed by atoms with van der Waals surface area (Å²) in [6.45, 7) is -0.0569. The molecule has 0 aromatic rings. The second-order valence-electron chi connectivity index (χ2n) is 4.18. The number of rotatable bonds is 2. The molecule has 14 heavy (non-hydrogen) atoms. The van der Waals surface area contributed by atoms with Crippen molar-refractivity contribution in [2.24, 2.45) is 5.92 Å². The Balaban J connectivity index is 0.00000169. The molecule has 0 spiro atoms. The van der Waals surface area contributed by atoms with Crippen molar-refractivity contribution in [1.29, 1.82) is 0 Å². The maximum atomic E-state index is 12.1. The van der Waals surface area contributed by atoms with E-state index >= 15 is 0 Å². The van der Waals surface area contributed by atoms with E-state index in [4.69, 9.17) is 0 Å². The number of nitrogens with zero attached hydrogens (tertiary/aromatic N) is 1. The molecule has 0 saturated carbocycles. The van der Waals surface area contributed by atoms with E-state index < -0.39 is 13.4 Å². The molecule has 0 bridgehead atoms. The topological polar surface area (TPSA) is 3.24 Å². The van der Waals surface area contributed by atoms with Crippen LogP contribution >= 0.6 is 0 Å². The first kappa shape index (κ1) is 15.5. The van der Waals surface area contributed by atoms with Gasteiger partial charge in [-0.15, -0.1) is 0 Å². The summed E-state index contributed by atoms with van der Waals surface area (Å²) in [4.78, 5) is 1.56. The second-order valence-corrected chi connectivity index (χ2v) is 4.18. The van der Waals surface area contributed by atoms with Gasteiger partial charge in [0, 0.05) is 6.04 Å². The SMILES string of the molecule is CC1CCN(C[B-](F)(F)F)C(C)C1.[K+]. The fourth-order valence-corrected chi connectivity index (χ4v) is 1.99. The Hall–Kier alpha value is 1.45. The molecule has 1 aliphatic rings. The van der Waals surface area contributed by atoms with E-state index in [-0.39, 0.29) is 57.4 Å². The van der Waals surface area contributed by atoms with Crippen molar-refractivity contribution >= 4 is 6.98 Å². The summed E-state index contributed by atoms with van der Waals surface area (Å²) in [7, 11) is 0. The van der Waals surface area contributed by atoms with E-state index in [1.807, 2.05) is 6.92 Å². The van der Waals surface area contributed by atoms with E-state index in [1.54, 1.807) is 4.90 Å². The van der Waals surface area contributed by atoms with Crippen LogP contribution < -0.4 is 51.4 Å². The molecule has 2 unspecified atom stereocenters. The van der Waals surface area contributed by atoms with Crippen LogP contribution in [0.15, 0.2) is 0 Å². The fraction of sp³-hybridized carbons (Fsp3) is 1.00. The Morgan fingerprint density at radius 2 is 1.86 bits per heavy atom. The third-order valence-electron chi connectivity index (χ3n) is 2.72. The van der Waals surface area contributed by atoms with Gasteiger partial charge < -0.3 is 17.8 Å². The van der Waals surface area contributed by atoms with Crippen molar-refractivity contribution < 1.29 is 64.3 Å². The third kappa shape index (κ3) is 5.51. The molecular formula is C8H16BF3KN. The zero-order valence-electron chi connectivity index (χ0n) is 9.14. The van der Waals surface area contributed by atoms with Crippen LogP contribution in [-0.4, -0.2) is 30.9 Å². The molecule has 0 aliphatic carbocycles. The van der Waals surface area contributed by atoms with Gasteiger partial charge in [0.25, 0.3) is 0 Å². The van der Waals surface area contributed by atoms with Crippen molar-refractivity contribution in [3.8, 4) is 0 Å². The Bertz CT molecular complexity index is 176. The van der Waals surface area contributed by atoms with Gasteiger partial charge in [-0.3, -0.25) is 0 Å². The minimum Gasteiger partial charge on any atom is -0.448 e. The molecule has 1 rings (SSSR count). The van der Waals surface area contributed by atoms with Gasteiger partial charge >= 0.3 is 58.4 Å². The van der Waals surface area contributed by atoms with Gasteiger partial charge in [-0.05, 0) is 38.7 Å². The van der Waals surface area contributed by atoms with Crippen LogP contribution in [0.5, 0.6) is 0 Å². The molecule has 0 amide bonds. The van der Waals surface area contributed by atoms with Gasteiger partial charge in [0.2, 0.25) is 0 Å². The van der Waals surface area contributed by atoms with E-state index in [1.165, 1.54) is 0 Å². The number of halogens is 3. The van der Waals surface area contributed by atoms with Gasteiger partial charge in [-0.2, -0.15) is 0 Å². The molecular weight excluding hydrogens is 217 g/mol. The summed E-state index contributed by atoms with van der Waals surface area (Å²) in [5.74, 6) is 0.576. The molecule has 0 aromatic carbocycles. The standard InChI is InChI=1S/C8H16BF3N.K/c1-7-3-4-13(8(2)5-7)6-9(10,11)12;/h7-8H,3-6H2,1-2H3;/q-1;+1. The molecule has 0 N–H and O–H groups in total. The Labute approximate surface area is 126 Å². The fourth-order valence-electron chi connectivity index (χ4n) is 1.99. The van der Waals surface area contributed by atoms with E-state index in [0.717, 1.165) is 12.8 Å². The quantitative estimate of drug-likeness (QED) is 0.581. The van der Waals surface area contributed by atoms with Crippen LogP contribution in [0.3, 0.4) is 0 Å². The van der Waals surface area contributed by atoms with Crippen molar-refractivity contribution in [1.82, 2.24) is 4.90 Å². The first-order chi connectivity index (χ1) is 5.88. The van der Waals surface area contributed by atoms with Crippen LogP contribution in [0, 0.1) is 5.92 Å². The summed E-state index contributed by atoms with van der Waals surface area (Å²) >= 11 is 0. The molecule has 6 heteroatoms. The minimum absolute atomic E-state index is 0. The molecule has 1 heterocycles. The molecule has 1 aliphatic heterocycles. The molecule has 78 valence electrons. The molecule has 1 nitrogen and oxygen atoms in total. The predicted molar refractivity (Wildman–Crippen MR) is 48.5 cm³/mol. The van der Waals surface area contributed by atoms with Gasteiger partial charge in [0.15, 0.2) is 0 Å². The van der Waals surface area contributed by atoms with Crippen LogP contribution in [0.4, 0.5) is 12.9 Å². The Morgan fingerprint density at radius 3 is 2.29 bits per heavy atom. The average molecular weight is 233 g/mol. The average Bonchev–Trinajstić information content (AvgIpc) is 1.93. The number of piperidine rings is 1. The Kier molecular flexibility index (Phi) is 6.90. The van der Waals surface area contributed by atoms with E-state index in [2.05, 4.69) is 6.92 Å². The maximum Gasteiger partial charge on any atom is 1.00 e. The summed E-state index contributed by atoms with van der Waals surface area (Å²) in [6.07, 6.45) is 1.11. The maximum absolute atomic E-state index is 12.1. The number of likely N-dealkylation sites (tertiary alicyclic amines) is 1. The van der Waals surface area contributed by atoms with Crippen molar-refractivity contribution in [2.75, 3.05) is 13.0 Å². The summed E-state index contributed by atoms with van der Waals surface area (Å²) in [6, 6.07) is 0.0900. The Morgan fingerprint density at radius 1 is 1.29 bits per heavy atom. The molecule has 2 atom stereocenters. The summed E-state index contributed by atoms with van der Waals surface area (Å²) < 4.78 is 36.4. The molecule has 1 saturated heterocycles. The largest absolute Gasteiger partial charge is 1.00 e. The molecule has 0 aromatic heterocycles. The summed E-state index contributed by atoms with van der Waals surface area (Å²) in [5, 5.41) is 0. The minimum atomic E-state index is -4.65. The van der Waals surface area contributed by atoms with E-state index in [0.29, 0.717) is 12.5 Å². The predicted octanol–water partition coefficient (Wildman–Crippen LogP) is -0.503.